The third-order valence-electron chi connectivity index (χ3n) is 6.00. The highest BCUT2D eigenvalue weighted by molar-refractivity contribution is 8.00. The molecule has 3 aromatic heterocycles. The number of pyridine rings is 1. The van der Waals surface area contributed by atoms with Gasteiger partial charge in [0.2, 0.25) is 0 Å². The number of hydrogen-bond acceptors (Lipinski definition) is 6. The quantitative estimate of drug-likeness (QED) is 0.490. The fourth-order valence-electron chi connectivity index (χ4n) is 4.20. The van der Waals surface area contributed by atoms with Gasteiger partial charge in [-0.25, -0.2) is 14.6 Å². The first kappa shape index (κ1) is 18.9. The number of benzene rings is 1. The topological polar surface area (TPSA) is 61.0 Å². The van der Waals surface area contributed by atoms with Crippen molar-refractivity contribution in [3.63, 3.8) is 0 Å². The molecule has 8 heteroatoms. The lowest BCUT2D eigenvalue weighted by Gasteiger charge is -2.30. The van der Waals surface area contributed by atoms with E-state index in [9.17, 15) is 0 Å². The molecule has 7 nitrogen and oxygen atoms in total. The first-order valence-corrected chi connectivity index (χ1v) is 11.8. The van der Waals surface area contributed by atoms with E-state index < -0.39 is 0 Å². The Morgan fingerprint density at radius 1 is 1.10 bits per heavy atom. The number of nitrogens with zero attached hydrogens (tertiary/aromatic N) is 6. The van der Waals surface area contributed by atoms with Crippen LogP contribution in [0.15, 0.2) is 48.9 Å². The Kier molecular flexibility index (Phi) is 4.69. The number of morpholine rings is 1. The van der Waals surface area contributed by atoms with Crippen LogP contribution in [0.3, 0.4) is 0 Å². The minimum Gasteiger partial charge on any atom is -0.378 e. The molecule has 0 unspecified atom stereocenters. The molecule has 6 rings (SSSR count). The second-order valence-corrected chi connectivity index (χ2v) is 9.20. The van der Waals surface area contributed by atoms with Gasteiger partial charge in [0.05, 0.1) is 37.0 Å². The Morgan fingerprint density at radius 2 is 1.97 bits per heavy atom. The van der Waals surface area contributed by atoms with Crippen LogP contribution in [0.25, 0.3) is 28.2 Å². The summed E-state index contributed by atoms with van der Waals surface area (Å²) >= 11 is 1.97. The number of fused-ring (bicyclic) bond motifs is 1. The summed E-state index contributed by atoms with van der Waals surface area (Å²) in [5.74, 6) is 3.05. The molecule has 0 atom stereocenters. The second-order valence-electron chi connectivity index (χ2n) is 8.13. The first-order chi connectivity index (χ1) is 15.3. The zero-order chi connectivity index (χ0) is 20.8. The van der Waals surface area contributed by atoms with E-state index in [0.717, 1.165) is 71.7 Å². The lowest BCUT2D eigenvalue weighted by molar-refractivity contribution is 0.123. The van der Waals surface area contributed by atoms with Crippen molar-refractivity contribution in [1.29, 1.82) is 0 Å². The number of imidazole rings is 1. The maximum Gasteiger partial charge on any atom is 0.164 e. The van der Waals surface area contributed by atoms with Crippen LogP contribution in [0, 0.1) is 6.92 Å². The molecule has 2 fully saturated rings. The zero-order valence-corrected chi connectivity index (χ0v) is 18.3. The molecule has 2 aliphatic rings. The van der Waals surface area contributed by atoms with Crippen molar-refractivity contribution in [3.8, 4) is 17.1 Å². The van der Waals surface area contributed by atoms with Crippen molar-refractivity contribution in [3.05, 3.63) is 54.5 Å². The number of thioether (sulfide) groups is 1. The molecular formula is C23H24N6OS. The Morgan fingerprint density at radius 3 is 2.74 bits per heavy atom. The second kappa shape index (κ2) is 7.69. The van der Waals surface area contributed by atoms with E-state index in [4.69, 9.17) is 19.8 Å². The molecule has 2 saturated heterocycles. The van der Waals surface area contributed by atoms with Crippen LogP contribution < -0.4 is 4.90 Å². The van der Waals surface area contributed by atoms with Gasteiger partial charge < -0.3 is 14.2 Å². The molecule has 0 saturated carbocycles. The van der Waals surface area contributed by atoms with Crippen molar-refractivity contribution in [2.45, 2.75) is 13.0 Å². The van der Waals surface area contributed by atoms with Gasteiger partial charge in [-0.1, -0.05) is 23.8 Å². The number of ether oxygens (including phenoxy) is 1. The number of hydrogen-bond donors (Lipinski definition) is 0. The minimum absolute atomic E-state index is 0.468. The Bertz CT molecular complexity index is 1240. The van der Waals surface area contributed by atoms with Crippen molar-refractivity contribution >= 4 is 28.6 Å². The molecule has 1 aromatic carbocycles. The van der Waals surface area contributed by atoms with Crippen LogP contribution in [-0.4, -0.2) is 62.1 Å². The molecule has 0 radical (unpaired) electrons. The third kappa shape index (κ3) is 3.40. The van der Waals surface area contributed by atoms with Gasteiger partial charge in [-0.3, -0.25) is 0 Å². The van der Waals surface area contributed by atoms with Crippen molar-refractivity contribution in [2.75, 3.05) is 42.7 Å². The van der Waals surface area contributed by atoms with Gasteiger partial charge in [-0.2, -0.15) is 16.9 Å². The lowest BCUT2D eigenvalue weighted by atomic mass is 10.1. The summed E-state index contributed by atoms with van der Waals surface area (Å²) in [6.07, 6.45) is 3.95. The van der Waals surface area contributed by atoms with Crippen LogP contribution in [-0.2, 0) is 4.74 Å². The van der Waals surface area contributed by atoms with E-state index in [-0.39, 0.29) is 0 Å². The standard InChI is InChI=1S/C23H24N6OS/c1-16-3-2-4-17(11-16)19-5-6-29(26-19)21-12-20(27-7-9-30-10-8-27)22-23(25-21)28(15-24-22)18-13-31-14-18/h2-6,11-12,15,18H,7-10,13-14H2,1H3. The minimum atomic E-state index is 0.468. The molecule has 31 heavy (non-hydrogen) atoms. The van der Waals surface area contributed by atoms with Gasteiger partial charge in [0.25, 0.3) is 0 Å². The van der Waals surface area contributed by atoms with Crippen LogP contribution in [0.5, 0.6) is 0 Å². The molecule has 4 aromatic rings. The van der Waals surface area contributed by atoms with E-state index in [1.165, 1.54) is 5.56 Å². The Hall–Kier alpha value is -2.84. The van der Waals surface area contributed by atoms with Crippen LogP contribution >= 0.6 is 11.8 Å². The monoisotopic (exact) mass is 432 g/mol. The molecule has 2 aliphatic heterocycles. The highest BCUT2D eigenvalue weighted by atomic mass is 32.2. The van der Waals surface area contributed by atoms with Gasteiger partial charge >= 0.3 is 0 Å². The van der Waals surface area contributed by atoms with E-state index in [1.54, 1.807) is 0 Å². The van der Waals surface area contributed by atoms with Gasteiger partial charge in [-0.15, -0.1) is 0 Å². The molecule has 5 heterocycles. The largest absolute Gasteiger partial charge is 0.378 e. The normalized spacial score (nSPS) is 17.3. The lowest BCUT2D eigenvalue weighted by Crippen LogP contribution is -2.36. The van der Waals surface area contributed by atoms with Crippen molar-refractivity contribution in [1.82, 2.24) is 24.3 Å². The molecule has 0 spiro atoms. The number of aryl methyl sites for hydroxylation is 1. The first-order valence-electron chi connectivity index (χ1n) is 10.7. The Labute approximate surface area is 185 Å². The predicted octanol–water partition coefficient (Wildman–Crippen LogP) is 3.72. The van der Waals surface area contributed by atoms with Crippen LogP contribution in [0.1, 0.15) is 11.6 Å². The summed E-state index contributed by atoms with van der Waals surface area (Å²) in [6, 6.07) is 13.1. The Balaban J connectivity index is 1.46. The summed E-state index contributed by atoms with van der Waals surface area (Å²) in [5, 5.41) is 4.86. The predicted molar refractivity (Wildman–Crippen MR) is 124 cm³/mol. The molecule has 0 N–H and O–H groups in total. The fraction of sp³-hybridized carbons (Fsp3) is 0.348. The zero-order valence-electron chi connectivity index (χ0n) is 17.4. The number of aromatic nitrogens is 5. The van der Waals surface area contributed by atoms with E-state index in [1.807, 2.05) is 29.0 Å². The van der Waals surface area contributed by atoms with E-state index in [2.05, 4.69) is 52.8 Å². The number of rotatable bonds is 4. The average molecular weight is 433 g/mol. The molecule has 0 amide bonds. The molecule has 158 valence electrons. The van der Waals surface area contributed by atoms with Crippen molar-refractivity contribution in [2.24, 2.45) is 0 Å². The average Bonchev–Trinajstić information content (AvgIpc) is 3.41. The van der Waals surface area contributed by atoms with E-state index in [0.29, 0.717) is 6.04 Å². The fourth-order valence-corrected chi connectivity index (χ4v) is 4.97. The maximum absolute atomic E-state index is 5.58. The maximum atomic E-state index is 5.58. The smallest absolute Gasteiger partial charge is 0.164 e. The highest BCUT2D eigenvalue weighted by Gasteiger charge is 2.25. The van der Waals surface area contributed by atoms with Gasteiger partial charge in [0, 0.05) is 42.4 Å². The third-order valence-corrected chi connectivity index (χ3v) is 7.24. The summed E-state index contributed by atoms with van der Waals surface area (Å²) in [4.78, 5) is 12.2. The summed E-state index contributed by atoms with van der Waals surface area (Å²) in [7, 11) is 0. The molecular weight excluding hydrogens is 408 g/mol. The summed E-state index contributed by atoms with van der Waals surface area (Å²) < 4.78 is 9.70. The van der Waals surface area contributed by atoms with Gasteiger partial charge in [0.1, 0.15) is 5.52 Å². The van der Waals surface area contributed by atoms with Gasteiger partial charge in [-0.05, 0) is 19.1 Å². The molecule has 0 aliphatic carbocycles. The summed E-state index contributed by atoms with van der Waals surface area (Å²) in [6.45, 7) is 5.29. The van der Waals surface area contributed by atoms with Gasteiger partial charge in [0.15, 0.2) is 11.5 Å². The van der Waals surface area contributed by atoms with Crippen LogP contribution in [0.2, 0.25) is 0 Å². The molecule has 0 bridgehead atoms. The highest BCUT2D eigenvalue weighted by Crippen LogP contribution is 2.34. The van der Waals surface area contributed by atoms with Crippen LogP contribution in [0.4, 0.5) is 5.69 Å². The summed E-state index contributed by atoms with van der Waals surface area (Å²) in [5.41, 5.74) is 6.31. The van der Waals surface area contributed by atoms with E-state index >= 15 is 0 Å². The van der Waals surface area contributed by atoms with Crippen molar-refractivity contribution < 1.29 is 4.74 Å². The SMILES string of the molecule is Cc1cccc(-c2ccn(-c3cc(N4CCOCC4)c4ncn(C5CSC5)c4n3)n2)c1. The number of anilines is 1.